The average Bonchev–Trinajstić information content (AvgIpc) is 2.59. The lowest BCUT2D eigenvalue weighted by Crippen LogP contribution is -2.69. The van der Waals surface area contributed by atoms with Gasteiger partial charge >= 0.3 is 5.97 Å². The molecule has 1 atom stereocenters. The summed E-state index contributed by atoms with van der Waals surface area (Å²) in [5, 5.41) is 12.7. The molecule has 0 rings (SSSR count). The van der Waals surface area contributed by atoms with Crippen LogP contribution in [0.15, 0.2) is 0 Å². The number of carboxylic acids is 1. The number of carboxylic acid groups (broad SMARTS) is 1. The molecule has 0 aromatic heterocycles. The second-order valence-corrected chi connectivity index (χ2v) is 8.85. The Morgan fingerprint density at radius 3 is 1.81 bits per heavy atom. The van der Waals surface area contributed by atoms with Gasteiger partial charge < -0.3 is 10.4 Å². The molecule has 0 saturated heterocycles. The van der Waals surface area contributed by atoms with Crippen LogP contribution in [0.2, 0.25) is 0 Å². The molecule has 27 heavy (non-hydrogen) atoms. The number of nitrogens with one attached hydrogen (secondary N) is 1. The zero-order valence-electron chi connectivity index (χ0n) is 18.8. The van der Waals surface area contributed by atoms with Gasteiger partial charge in [-0.2, -0.15) is 0 Å². The second kappa shape index (κ2) is 13.1. The largest absolute Gasteiger partial charge is 0.477 e. The number of unbranched alkanes of at least 4 members (excludes halogenated alkanes) is 8. The van der Waals surface area contributed by atoms with E-state index in [2.05, 4.69) is 19.2 Å². The van der Waals surface area contributed by atoms with E-state index >= 15 is 0 Å². The average molecular weight is 386 g/mol. The van der Waals surface area contributed by atoms with Crippen molar-refractivity contribution in [3.05, 3.63) is 0 Å². The number of quaternary nitrogens is 1. The smallest absolute Gasteiger partial charge is 0.365 e. The van der Waals surface area contributed by atoms with E-state index in [1.54, 1.807) is 13.8 Å². The van der Waals surface area contributed by atoms with E-state index in [-0.39, 0.29) is 16.6 Å². The highest BCUT2D eigenvalue weighted by Crippen LogP contribution is 2.25. The van der Waals surface area contributed by atoms with Crippen LogP contribution in [0.3, 0.4) is 0 Å². The Bertz CT molecular complexity index is 433. The highest BCUT2D eigenvalue weighted by atomic mass is 16.4. The molecule has 0 radical (unpaired) electrons. The first-order valence-electron chi connectivity index (χ1n) is 11.0. The standard InChI is InChI=1S/C22H44N2O3/c1-7-9-10-11-12-13-14-15-16-18-20(25)23-19(17-8-2)24(5,6)22(3,4)21(26)27/h19H,7-18H2,1-6H3,(H-,23,25,26,27)/p+1. The Morgan fingerprint density at radius 1 is 0.889 bits per heavy atom. The monoisotopic (exact) mass is 385 g/mol. The van der Waals surface area contributed by atoms with E-state index < -0.39 is 11.5 Å². The number of aliphatic carboxylic acids is 1. The van der Waals surface area contributed by atoms with Gasteiger partial charge in [0.15, 0.2) is 11.7 Å². The van der Waals surface area contributed by atoms with Gasteiger partial charge in [0, 0.05) is 26.7 Å². The number of amides is 1. The summed E-state index contributed by atoms with van der Waals surface area (Å²) in [5.74, 6) is -0.800. The van der Waals surface area contributed by atoms with Crippen LogP contribution >= 0.6 is 0 Å². The van der Waals surface area contributed by atoms with Crippen LogP contribution in [0.5, 0.6) is 0 Å². The summed E-state index contributed by atoms with van der Waals surface area (Å²) in [6, 6.07) is 0. The van der Waals surface area contributed by atoms with Crippen LogP contribution < -0.4 is 5.32 Å². The molecule has 5 nitrogen and oxygen atoms in total. The highest BCUT2D eigenvalue weighted by Gasteiger charge is 2.48. The third-order valence-corrected chi connectivity index (χ3v) is 6.14. The fourth-order valence-electron chi connectivity index (χ4n) is 3.32. The molecule has 1 amide bonds. The van der Waals surface area contributed by atoms with E-state index in [1.807, 2.05) is 14.1 Å². The summed E-state index contributed by atoms with van der Waals surface area (Å²) in [4.78, 5) is 24.1. The molecule has 0 aromatic rings. The number of hydrogen-bond acceptors (Lipinski definition) is 2. The summed E-state index contributed by atoms with van der Waals surface area (Å²) in [6.45, 7) is 7.75. The normalized spacial score (nSPS) is 13.4. The van der Waals surface area contributed by atoms with Crippen LogP contribution in [0, 0.1) is 0 Å². The molecule has 0 heterocycles. The van der Waals surface area contributed by atoms with E-state index in [4.69, 9.17) is 0 Å². The lowest BCUT2D eigenvalue weighted by Gasteiger charge is -2.47. The van der Waals surface area contributed by atoms with Crippen LogP contribution in [0.1, 0.15) is 105 Å². The minimum absolute atomic E-state index is 0.0452. The van der Waals surface area contributed by atoms with Crippen LogP contribution in [-0.2, 0) is 9.59 Å². The summed E-state index contributed by atoms with van der Waals surface area (Å²) < 4.78 is 0.236. The van der Waals surface area contributed by atoms with Gasteiger partial charge in [-0.15, -0.1) is 0 Å². The molecule has 5 heteroatoms. The minimum atomic E-state index is -0.967. The molecule has 160 valence electrons. The molecule has 0 aliphatic heterocycles. The molecule has 0 fully saturated rings. The van der Waals surface area contributed by atoms with Crippen molar-refractivity contribution in [2.75, 3.05) is 14.1 Å². The van der Waals surface area contributed by atoms with Crippen molar-refractivity contribution in [2.45, 2.75) is 116 Å². The van der Waals surface area contributed by atoms with Crippen LogP contribution in [0.25, 0.3) is 0 Å². The van der Waals surface area contributed by atoms with Crippen molar-refractivity contribution in [3.8, 4) is 0 Å². The molecule has 1 unspecified atom stereocenters. The quantitative estimate of drug-likeness (QED) is 0.221. The Kier molecular flexibility index (Phi) is 12.6. The van der Waals surface area contributed by atoms with E-state index in [0.29, 0.717) is 6.42 Å². The molecule has 0 aromatic carbocycles. The first-order valence-corrected chi connectivity index (χ1v) is 11.0. The Morgan fingerprint density at radius 2 is 1.37 bits per heavy atom. The Balaban J connectivity index is 4.32. The second-order valence-electron chi connectivity index (χ2n) is 8.85. The summed E-state index contributed by atoms with van der Waals surface area (Å²) in [7, 11) is 3.79. The first kappa shape index (κ1) is 25.9. The zero-order chi connectivity index (χ0) is 20.9. The zero-order valence-corrected chi connectivity index (χ0v) is 18.8. The van der Waals surface area contributed by atoms with Gasteiger partial charge in [-0.25, -0.2) is 4.79 Å². The van der Waals surface area contributed by atoms with Gasteiger partial charge in [0.1, 0.15) is 0 Å². The number of carbonyl (C=O) groups is 2. The van der Waals surface area contributed by atoms with E-state index in [1.165, 1.54) is 44.9 Å². The summed E-state index contributed by atoms with van der Waals surface area (Å²) in [6.07, 6.45) is 13.1. The molecular formula is C22H45N2O3+. The van der Waals surface area contributed by atoms with Crippen LogP contribution in [-0.4, -0.2) is 47.3 Å². The van der Waals surface area contributed by atoms with Crippen molar-refractivity contribution in [3.63, 3.8) is 0 Å². The van der Waals surface area contributed by atoms with E-state index in [0.717, 1.165) is 25.7 Å². The predicted octanol–water partition coefficient (Wildman–Crippen LogP) is 5.09. The third-order valence-electron chi connectivity index (χ3n) is 6.14. The number of rotatable bonds is 16. The van der Waals surface area contributed by atoms with Gasteiger partial charge in [0.25, 0.3) is 0 Å². The topological polar surface area (TPSA) is 66.4 Å². The third kappa shape index (κ3) is 9.09. The molecule has 0 spiro atoms. The maximum Gasteiger partial charge on any atom is 0.365 e. The molecular weight excluding hydrogens is 340 g/mol. The van der Waals surface area contributed by atoms with Gasteiger partial charge in [-0.05, 0) is 12.8 Å². The fourth-order valence-corrected chi connectivity index (χ4v) is 3.32. The van der Waals surface area contributed by atoms with Gasteiger partial charge in [-0.3, -0.25) is 9.28 Å². The van der Waals surface area contributed by atoms with Gasteiger partial charge in [0.05, 0.1) is 14.1 Å². The summed E-state index contributed by atoms with van der Waals surface area (Å²) in [5.41, 5.74) is -0.967. The SMILES string of the molecule is CCCCCCCCCCCC(=O)NC(CCC)[N+](C)(C)C(C)(C)C(=O)O. The summed E-state index contributed by atoms with van der Waals surface area (Å²) >= 11 is 0. The fraction of sp³-hybridized carbons (Fsp3) is 0.909. The number of hydrogen-bond donors (Lipinski definition) is 2. The molecule has 0 aliphatic rings. The van der Waals surface area contributed by atoms with Crippen molar-refractivity contribution in [1.82, 2.24) is 5.32 Å². The Labute approximate surface area is 167 Å². The highest BCUT2D eigenvalue weighted by molar-refractivity contribution is 5.77. The molecule has 0 saturated carbocycles. The number of likely N-dealkylation sites (N-methyl/N-ethyl adjacent to an activating group) is 1. The first-order chi connectivity index (χ1) is 12.6. The minimum Gasteiger partial charge on any atom is -0.477 e. The van der Waals surface area contributed by atoms with Crippen molar-refractivity contribution in [2.24, 2.45) is 0 Å². The molecule has 0 bridgehead atoms. The molecule has 2 N–H and O–H groups in total. The molecule has 0 aliphatic carbocycles. The lowest BCUT2D eigenvalue weighted by molar-refractivity contribution is -0.953. The van der Waals surface area contributed by atoms with Gasteiger partial charge in [-0.1, -0.05) is 65.2 Å². The van der Waals surface area contributed by atoms with Gasteiger partial charge in [0.2, 0.25) is 5.91 Å². The Hall–Kier alpha value is -1.10. The van der Waals surface area contributed by atoms with Crippen LogP contribution in [0.4, 0.5) is 0 Å². The maximum atomic E-state index is 12.4. The van der Waals surface area contributed by atoms with Crippen molar-refractivity contribution >= 4 is 11.9 Å². The predicted molar refractivity (Wildman–Crippen MR) is 113 cm³/mol. The number of carbonyl (C=O) groups excluding carboxylic acids is 1. The lowest BCUT2D eigenvalue weighted by atomic mass is 9.98. The van der Waals surface area contributed by atoms with Crippen molar-refractivity contribution in [1.29, 1.82) is 0 Å². The van der Waals surface area contributed by atoms with Crippen molar-refractivity contribution < 1.29 is 19.2 Å². The maximum absolute atomic E-state index is 12.4. The number of nitrogens with zero attached hydrogens (tertiary/aromatic N) is 1. The van der Waals surface area contributed by atoms with E-state index in [9.17, 15) is 14.7 Å².